The Morgan fingerprint density at radius 1 is 0.811 bits per heavy atom. The normalized spacial score (nSPS) is 10.4. The minimum absolute atomic E-state index is 0.194. The van der Waals surface area contributed by atoms with E-state index in [4.69, 9.17) is 35.4 Å². The predicted octanol–water partition coefficient (Wildman–Crippen LogP) is 5.70. The van der Waals surface area contributed by atoms with Gasteiger partial charge in [0.25, 0.3) is 0 Å². The minimum Gasteiger partial charge on any atom is -0.872 e. The molecule has 0 fully saturated rings. The third kappa shape index (κ3) is 7.65. The summed E-state index contributed by atoms with van der Waals surface area (Å²) in [5, 5.41) is 19.3. The molecule has 1 aromatic heterocycles. The first-order valence-corrected chi connectivity index (χ1v) is 12.8. The lowest BCUT2D eigenvalue weighted by Crippen LogP contribution is -2.35. The molecular weight excluding hydrogens is 515 g/mol. The summed E-state index contributed by atoms with van der Waals surface area (Å²) in [6, 6.07) is 23.1. The summed E-state index contributed by atoms with van der Waals surface area (Å²) in [5.74, 6) is 1.97. The zero-order valence-corrected chi connectivity index (χ0v) is 22.0. The molecule has 0 atom stereocenters. The second-order valence-electron chi connectivity index (χ2n) is 7.51. The summed E-state index contributed by atoms with van der Waals surface area (Å²) in [5.41, 5.74) is 1.26. The maximum absolute atomic E-state index is 13.6. The van der Waals surface area contributed by atoms with Crippen molar-refractivity contribution in [3.63, 3.8) is 0 Å². The van der Waals surface area contributed by atoms with Crippen LogP contribution in [0.25, 0.3) is 0 Å². The zero-order valence-electron chi connectivity index (χ0n) is 20.3. The molecule has 10 heteroatoms. The van der Waals surface area contributed by atoms with Crippen molar-refractivity contribution in [2.45, 2.75) is 6.92 Å². The highest BCUT2D eigenvalue weighted by Crippen LogP contribution is 2.44. The number of ether oxygens (including phenoxy) is 2. The van der Waals surface area contributed by atoms with Crippen LogP contribution >= 0.6 is 19.3 Å². The lowest BCUT2D eigenvalue weighted by atomic mass is 10.2. The molecule has 0 aliphatic carbocycles. The molecule has 4 rings (SSSR count). The Morgan fingerprint density at radius 2 is 1.27 bits per heavy atom. The molecule has 0 saturated carbocycles. The van der Waals surface area contributed by atoms with Crippen LogP contribution in [0.15, 0.2) is 91.3 Å². The van der Waals surface area contributed by atoms with Gasteiger partial charge in [0.1, 0.15) is 29.1 Å². The van der Waals surface area contributed by atoms with Crippen molar-refractivity contribution in [3.05, 3.63) is 107 Å². The van der Waals surface area contributed by atoms with E-state index in [1.54, 1.807) is 81.2 Å². The molecule has 8 nitrogen and oxygen atoms in total. The number of benzene rings is 3. The van der Waals surface area contributed by atoms with Crippen LogP contribution in [0.3, 0.4) is 0 Å². The average molecular weight is 539 g/mol. The smallest absolute Gasteiger partial charge is 0.728 e. The Balaban J connectivity index is 0.000000319. The van der Waals surface area contributed by atoms with E-state index >= 15 is 0 Å². The van der Waals surface area contributed by atoms with Gasteiger partial charge in [-0.15, -0.1) is 5.75 Å². The van der Waals surface area contributed by atoms with Gasteiger partial charge in [-0.2, -0.15) is 9.83 Å². The Labute approximate surface area is 220 Å². The lowest BCUT2D eigenvalue weighted by Gasteiger charge is -2.14. The maximum Gasteiger partial charge on any atom is 0.728 e. The first-order chi connectivity index (χ1) is 17.8. The lowest BCUT2D eigenvalue weighted by molar-refractivity contribution is -0.536. The largest absolute Gasteiger partial charge is 0.872 e. The van der Waals surface area contributed by atoms with Crippen molar-refractivity contribution in [2.24, 2.45) is 0 Å². The number of nitrogens with zero attached hydrogens (tertiary/aromatic N) is 2. The van der Waals surface area contributed by atoms with Gasteiger partial charge in [-0.05, 0) is 67.1 Å². The monoisotopic (exact) mass is 538 g/mol. The van der Waals surface area contributed by atoms with Gasteiger partial charge in [-0.3, -0.25) is 0 Å². The number of aromatic nitrogens is 1. The summed E-state index contributed by atoms with van der Waals surface area (Å²) in [4.78, 5) is 0. The summed E-state index contributed by atoms with van der Waals surface area (Å²) >= 11 is 5.53. The highest BCUT2D eigenvalue weighted by atomic mass is 35.5. The van der Waals surface area contributed by atoms with E-state index < -0.39 is 7.75 Å². The van der Waals surface area contributed by atoms with Crippen molar-refractivity contribution in [1.82, 2.24) is 0 Å². The summed E-state index contributed by atoms with van der Waals surface area (Å²) < 4.78 is 36.9. The summed E-state index contributed by atoms with van der Waals surface area (Å²) in [6.07, 6.45) is 3.34. The number of pyridine rings is 1. The standard InChI is InChI=1S/C20H21NO5P.C7H4ClNO/c1-16-12-14-21(15-13-16)27(22,25-19-8-4-17(23-2)5-9-19)26-20-10-6-18(24-3)7-11-20;8-7-2-1-6(10)3-5(7)4-9/h4-15H,1-3H3;1-3,10H/q+1;/p-1. The van der Waals surface area contributed by atoms with Crippen LogP contribution in [0.1, 0.15) is 11.1 Å². The fourth-order valence-electron chi connectivity index (χ4n) is 2.90. The first kappa shape index (κ1) is 27.4. The van der Waals surface area contributed by atoms with Gasteiger partial charge >= 0.3 is 7.75 Å². The molecular formula is C27H24ClN2O6P. The summed E-state index contributed by atoms with van der Waals surface area (Å²) in [6.45, 7) is 1.95. The van der Waals surface area contributed by atoms with Gasteiger partial charge in [0.15, 0.2) is 12.4 Å². The second-order valence-corrected chi connectivity index (χ2v) is 9.68. The third-order valence-electron chi connectivity index (χ3n) is 4.88. The van der Waals surface area contributed by atoms with E-state index in [0.29, 0.717) is 28.0 Å². The molecule has 0 radical (unpaired) electrons. The molecule has 0 saturated heterocycles. The number of halogens is 1. The highest BCUT2D eigenvalue weighted by Gasteiger charge is 2.42. The number of hydrogen-bond acceptors (Lipinski definition) is 7. The van der Waals surface area contributed by atoms with Gasteiger partial charge < -0.3 is 23.6 Å². The number of methoxy groups -OCH3 is 2. The van der Waals surface area contributed by atoms with Gasteiger partial charge in [0.2, 0.25) is 0 Å². The molecule has 0 spiro atoms. The molecule has 0 N–H and O–H groups in total. The van der Waals surface area contributed by atoms with Gasteiger partial charge in [0, 0.05) is 12.1 Å². The van der Waals surface area contributed by atoms with Crippen LogP contribution < -0.4 is 28.0 Å². The van der Waals surface area contributed by atoms with E-state index in [2.05, 4.69) is 0 Å². The van der Waals surface area contributed by atoms with Crippen molar-refractivity contribution >= 4 is 19.3 Å². The van der Waals surface area contributed by atoms with Crippen molar-refractivity contribution in [3.8, 4) is 34.8 Å². The number of rotatable bonds is 7. The van der Waals surface area contributed by atoms with E-state index in [1.807, 2.05) is 19.1 Å². The van der Waals surface area contributed by atoms with Gasteiger partial charge in [-0.1, -0.05) is 28.1 Å². The molecule has 0 bridgehead atoms. The SMILES string of the molecule is COc1ccc(OP(=O)(Oc2ccc(OC)cc2)[n+]2ccc(C)cc2)cc1.N#Cc1cc([O-])ccc1Cl. The average Bonchev–Trinajstić information content (AvgIpc) is 2.91. The first-order valence-electron chi connectivity index (χ1n) is 10.9. The van der Waals surface area contributed by atoms with Crippen LogP contribution in [-0.4, -0.2) is 14.2 Å². The Hall–Kier alpha value is -4.18. The van der Waals surface area contributed by atoms with Crippen molar-refractivity contribution < 1.29 is 32.5 Å². The van der Waals surface area contributed by atoms with E-state index in [-0.39, 0.29) is 11.3 Å². The molecule has 4 aromatic rings. The quantitative estimate of drug-likeness (QED) is 0.278. The fraction of sp³-hybridized carbons (Fsp3) is 0.111. The van der Waals surface area contributed by atoms with Crippen LogP contribution in [0.2, 0.25) is 5.02 Å². The molecule has 3 aromatic carbocycles. The molecule has 1 heterocycles. The zero-order chi connectivity index (χ0) is 26.8. The van der Waals surface area contributed by atoms with Gasteiger partial charge in [0.05, 0.1) is 24.8 Å². The minimum atomic E-state index is -3.75. The third-order valence-corrected chi connectivity index (χ3v) is 6.93. The Morgan fingerprint density at radius 3 is 1.68 bits per heavy atom. The Bertz CT molecular complexity index is 1350. The maximum atomic E-state index is 13.6. The number of aryl methyl sites for hydroxylation is 1. The second kappa shape index (κ2) is 12.7. The van der Waals surface area contributed by atoms with E-state index in [9.17, 15) is 9.67 Å². The fourth-order valence-corrected chi connectivity index (χ4v) is 4.52. The number of hydrogen-bond donors (Lipinski definition) is 0. The topological polar surface area (TPSA) is 105 Å². The molecule has 0 unspecified atom stereocenters. The molecule has 190 valence electrons. The van der Waals surface area contributed by atoms with Crippen LogP contribution in [0.4, 0.5) is 0 Å². The number of nitriles is 1. The van der Waals surface area contributed by atoms with E-state index in [1.165, 1.54) is 22.5 Å². The molecule has 37 heavy (non-hydrogen) atoms. The van der Waals surface area contributed by atoms with Crippen LogP contribution in [0.5, 0.6) is 28.7 Å². The van der Waals surface area contributed by atoms with E-state index in [0.717, 1.165) is 5.56 Å². The molecule has 0 aliphatic heterocycles. The molecule has 0 amide bonds. The highest BCUT2D eigenvalue weighted by molar-refractivity contribution is 7.47. The van der Waals surface area contributed by atoms with Gasteiger partial charge in [-0.25, -0.2) is 0 Å². The Kier molecular flexibility index (Phi) is 9.39. The predicted molar refractivity (Wildman–Crippen MR) is 137 cm³/mol. The van der Waals surface area contributed by atoms with Crippen molar-refractivity contribution in [1.29, 1.82) is 5.26 Å². The molecule has 0 aliphatic rings. The van der Waals surface area contributed by atoms with Crippen LogP contribution in [0, 0.1) is 18.3 Å². The van der Waals surface area contributed by atoms with Crippen molar-refractivity contribution in [2.75, 3.05) is 14.2 Å². The van der Waals surface area contributed by atoms with Crippen LogP contribution in [-0.2, 0) is 4.57 Å². The summed E-state index contributed by atoms with van der Waals surface area (Å²) in [7, 11) is -0.589.